The molecule has 1 atom stereocenters. The van der Waals surface area contributed by atoms with Gasteiger partial charge in [0.25, 0.3) is 0 Å². The molecule has 1 N–H and O–H groups in total. The van der Waals surface area contributed by atoms with Gasteiger partial charge in [-0.05, 0) is 45.7 Å². The number of aliphatic hydroxyl groups excluding tert-OH is 1. The normalized spacial score (nSPS) is 13.5. The molecule has 0 spiro atoms. The molecular formula is C15H22O2. The van der Waals surface area contributed by atoms with Crippen LogP contribution < -0.4 is 0 Å². The van der Waals surface area contributed by atoms with Gasteiger partial charge in [0, 0.05) is 6.42 Å². The van der Waals surface area contributed by atoms with Gasteiger partial charge in [-0.15, -0.1) is 0 Å². The fourth-order valence-corrected chi connectivity index (χ4v) is 1.69. The minimum absolute atomic E-state index is 0.451. The first kappa shape index (κ1) is 13.8. The van der Waals surface area contributed by atoms with Gasteiger partial charge in [-0.2, -0.15) is 0 Å². The number of allylic oxidation sites excluding steroid dienone is 3. The number of hydrogen-bond acceptors (Lipinski definition) is 2. The molecule has 1 unspecified atom stereocenters. The minimum atomic E-state index is -0.451. The van der Waals surface area contributed by atoms with Gasteiger partial charge in [0.05, 0.1) is 12.4 Å². The molecule has 0 saturated carbocycles. The van der Waals surface area contributed by atoms with E-state index in [2.05, 4.69) is 26.8 Å². The first-order valence-electron chi connectivity index (χ1n) is 6.09. The SMILES string of the molecule is CC(C)=CCC/C(C)=C/C(O)Cc1ccco1. The topological polar surface area (TPSA) is 33.4 Å². The van der Waals surface area contributed by atoms with Crippen molar-refractivity contribution in [1.29, 1.82) is 0 Å². The molecule has 17 heavy (non-hydrogen) atoms. The molecule has 0 aliphatic rings. The molecule has 0 aromatic carbocycles. The first-order chi connectivity index (χ1) is 8.08. The molecule has 0 fully saturated rings. The van der Waals surface area contributed by atoms with Crippen LogP contribution in [-0.4, -0.2) is 11.2 Å². The lowest BCUT2D eigenvalue weighted by molar-refractivity contribution is 0.213. The smallest absolute Gasteiger partial charge is 0.106 e. The van der Waals surface area contributed by atoms with E-state index >= 15 is 0 Å². The van der Waals surface area contributed by atoms with Crippen molar-refractivity contribution in [3.63, 3.8) is 0 Å². The van der Waals surface area contributed by atoms with Gasteiger partial charge in [0.1, 0.15) is 5.76 Å². The highest BCUT2D eigenvalue weighted by Crippen LogP contribution is 2.11. The van der Waals surface area contributed by atoms with Crippen LogP contribution in [0.2, 0.25) is 0 Å². The van der Waals surface area contributed by atoms with E-state index < -0.39 is 6.10 Å². The molecule has 1 aromatic heterocycles. The number of aliphatic hydroxyl groups is 1. The maximum atomic E-state index is 9.85. The zero-order valence-electron chi connectivity index (χ0n) is 10.9. The van der Waals surface area contributed by atoms with E-state index in [0.717, 1.165) is 18.6 Å². The molecule has 0 aliphatic heterocycles. The molecule has 1 rings (SSSR count). The third kappa shape index (κ3) is 6.12. The van der Waals surface area contributed by atoms with Crippen LogP contribution in [-0.2, 0) is 6.42 Å². The molecule has 0 aliphatic carbocycles. The van der Waals surface area contributed by atoms with E-state index in [-0.39, 0.29) is 0 Å². The Hall–Kier alpha value is -1.28. The largest absolute Gasteiger partial charge is 0.469 e. The lowest BCUT2D eigenvalue weighted by Gasteiger charge is -2.05. The second-order valence-electron chi connectivity index (χ2n) is 4.68. The Morgan fingerprint density at radius 3 is 2.76 bits per heavy atom. The average Bonchev–Trinajstić information content (AvgIpc) is 2.69. The second-order valence-corrected chi connectivity index (χ2v) is 4.68. The van der Waals surface area contributed by atoms with Gasteiger partial charge in [-0.3, -0.25) is 0 Å². The van der Waals surface area contributed by atoms with Crippen LogP contribution in [0.4, 0.5) is 0 Å². The highest BCUT2D eigenvalue weighted by molar-refractivity contribution is 5.08. The Bertz CT molecular complexity index is 368. The fourth-order valence-electron chi connectivity index (χ4n) is 1.69. The molecule has 1 aromatic rings. The summed E-state index contributed by atoms with van der Waals surface area (Å²) in [4.78, 5) is 0. The molecule has 1 heterocycles. The van der Waals surface area contributed by atoms with E-state index in [1.807, 2.05) is 18.2 Å². The van der Waals surface area contributed by atoms with Crippen molar-refractivity contribution in [2.45, 2.75) is 46.1 Å². The summed E-state index contributed by atoms with van der Waals surface area (Å²) >= 11 is 0. The summed E-state index contributed by atoms with van der Waals surface area (Å²) in [7, 11) is 0. The van der Waals surface area contributed by atoms with Gasteiger partial charge in [0.15, 0.2) is 0 Å². The van der Waals surface area contributed by atoms with E-state index in [1.165, 1.54) is 11.1 Å². The zero-order valence-corrected chi connectivity index (χ0v) is 10.9. The molecular weight excluding hydrogens is 212 g/mol. The number of rotatable bonds is 6. The Kier molecular flexibility index (Phi) is 5.78. The molecule has 94 valence electrons. The summed E-state index contributed by atoms with van der Waals surface area (Å²) < 4.78 is 5.20. The van der Waals surface area contributed by atoms with Crippen LogP contribution in [0.25, 0.3) is 0 Å². The van der Waals surface area contributed by atoms with Gasteiger partial charge in [-0.25, -0.2) is 0 Å². The summed E-state index contributed by atoms with van der Waals surface area (Å²) in [6, 6.07) is 3.73. The third-order valence-corrected chi connectivity index (χ3v) is 2.56. The summed E-state index contributed by atoms with van der Waals surface area (Å²) in [5.41, 5.74) is 2.57. The van der Waals surface area contributed by atoms with Crippen LogP contribution in [0.1, 0.15) is 39.4 Å². The van der Waals surface area contributed by atoms with Crippen LogP contribution >= 0.6 is 0 Å². The lowest BCUT2D eigenvalue weighted by Crippen LogP contribution is -2.06. The molecule has 2 heteroatoms. The average molecular weight is 234 g/mol. The third-order valence-electron chi connectivity index (χ3n) is 2.56. The number of hydrogen-bond donors (Lipinski definition) is 1. The van der Waals surface area contributed by atoms with Crippen LogP contribution in [0, 0.1) is 0 Å². The maximum absolute atomic E-state index is 9.85. The monoisotopic (exact) mass is 234 g/mol. The molecule has 0 bridgehead atoms. The van der Waals surface area contributed by atoms with Crippen LogP contribution in [0.5, 0.6) is 0 Å². The standard InChI is InChI=1S/C15H22O2/c1-12(2)6-4-7-13(3)10-14(16)11-15-8-5-9-17-15/h5-6,8-10,14,16H,4,7,11H2,1-3H3/b13-10+. The van der Waals surface area contributed by atoms with Gasteiger partial charge < -0.3 is 9.52 Å². The van der Waals surface area contributed by atoms with Gasteiger partial charge in [0.2, 0.25) is 0 Å². The number of furan rings is 1. The van der Waals surface area contributed by atoms with Crippen molar-refractivity contribution in [3.05, 3.63) is 47.5 Å². The lowest BCUT2D eigenvalue weighted by atomic mass is 10.1. The molecule has 0 radical (unpaired) electrons. The molecule has 0 amide bonds. The summed E-state index contributed by atoms with van der Waals surface area (Å²) in [5.74, 6) is 0.825. The predicted molar refractivity (Wildman–Crippen MR) is 70.8 cm³/mol. The van der Waals surface area contributed by atoms with Gasteiger partial charge >= 0.3 is 0 Å². The van der Waals surface area contributed by atoms with Crippen LogP contribution in [0.15, 0.2) is 46.1 Å². The highest BCUT2D eigenvalue weighted by atomic mass is 16.3. The van der Waals surface area contributed by atoms with Crippen molar-refractivity contribution in [2.75, 3.05) is 0 Å². The fraction of sp³-hybridized carbons (Fsp3) is 0.467. The highest BCUT2D eigenvalue weighted by Gasteiger charge is 2.04. The van der Waals surface area contributed by atoms with E-state index in [4.69, 9.17) is 4.42 Å². The maximum Gasteiger partial charge on any atom is 0.106 e. The van der Waals surface area contributed by atoms with Crippen molar-refractivity contribution in [3.8, 4) is 0 Å². The van der Waals surface area contributed by atoms with Crippen molar-refractivity contribution < 1.29 is 9.52 Å². The van der Waals surface area contributed by atoms with Gasteiger partial charge in [-0.1, -0.05) is 23.3 Å². The Balaban J connectivity index is 2.37. The summed E-state index contributed by atoms with van der Waals surface area (Å²) in [6.07, 6.45) is 7.91. The second kappa shape index (κ2) is 7.13. The Morgan fingerprint density at radius 1 is 1.41 bits per heavy atom. The Labute approximate surface area is 104 Å². The van der Waals surface area contributed by atoms with Crippen molar-refractivity contribution in [1.82, 2.24) is 0 Å². The summed E-state index contributed by atoms with van der Waals surface area (Å²) in [6.45, 7) is 6.26. The molecule has 0 saturated heterocycles. The minimum Gasteiger partial charge on any atom is -0.469 e. The molecule has 2 nitrogen and oxygen atoms in total. The summed E-state index contributed by atoms with van der Waals surface area (Å²) in [5, 5.41) is 9.85. The van der Waals surface area contributed by atoms with Crippen molar-refractivity contribution in [2.24, 2.45) is 0 Å². The van der Waals surface area contributed by atoms with E-state index in [0.29, 0.717) is 6.42 Å². The Morgan fingerprint density at radius 2 is 2.18 bits per heavy atom. The van der Waals surface area contributed by atoms with Crippen LogP contribution in [0.3, 0.4) is 0 Å². The predicted octanol–water partition coefficient (Wildman–Crippen LogP) is 3.88. The first-order valence-corrected chi connectivity index (χ1v) is 6.09. The van der Waals surface area contributed by atoms with Crippen molar-refractivity contribution >= 4 is 0 Å². The quantitative estimate of drug-likeness (QED) is 0.758. The van der Waals surface area contributed by atoms with E-state index in [1.54, 1.807) is 6.26 Å². The zero-order chi connectivity index (χ0) is 12.7. The van der Waals surface area contributed by atoms with E-state index in [9.17, 15) is 5.11 Å².